The second-order valence-electron chi connectivity index (χ2n) is 5.70. The molecule has 2 rings (SSSR count). The molecule has 0 saturated carbocycles. The number of nitrogens with zero attached hydrogens (tertiary/aromatic N) is 4. The predicted octanol–water partition coefficient (Wildman–Crippen LogP) is 1.28. The van der Waals surface area contributed by atoms with Crippen molar-refractivity contribution in [1.82, 2.24) is 25.1 Å². The van der Waals surface area contributed by atoms with E-state index in [1.54, 1.807) is 0 Å². The van der Waals surface area contributed by atoms with Crippen LogP contribution in [0.1, 0.15) is 37.3 Å². The quantitative estimate of drug-likeness (QED) is 0.822. The van der Waals surface area contributed by atoms with Crippen LogP contribution >= 0.6 is 0 Å². The summed E-state index contributed by atoms with van der Waals surface area (Å²) in [5, 5.41) is 3.40. The van der Waals surface area contributed by atoms with Crippen molar-refractivity contribution >= 4 is 0 Å². The number of rotatable bonds is 5. The Morgan fingerprint density at radius 1 is 1.35 bits per heavy atom. The maximum absolute atomic E-state index is 4.75. The minimum absolute atomic E-state index is 0.300. The van der Waals surface area contributed by atoms with Crippen LogP contribution in [0.4, 0.5) is 0 Å². The van der Waals surface area contributed by atoms with Crippen LogP contribution in [-0.2, 0) is 6.54 Å². The van der Waals surface area contributed by atoms with E-state index in [1.807, 2.05) is 12.3 Å². The number of nitrogens with one attached hydrogen (secondary N) is 1. The van der Waals surface area contributed by atoms with Gasteiger partial charge in [-0.3, -0.25) is 4.90 Å². The fourth-order valence-corrected chi connectivity index (χ4v) is 2.62. The van der Waals surface area contributed by atoms with Crippen molar-refractivity contribution in [3.63, 3.8) is 0 Å². The third kappa shape index (κ3) is 4.23. The molecule has 20 heavy (non-hydrogen) atoms. The zero-order chi connectivity index (χ0) is 14.4. The van der Waals surface area contributed by atoms with E-state index in [0.717, 1.165) is 50.7 Å². The summed E-state index contributed by atoms with van der Waals surface area (Å²) >= 11 is 0. The lowest BCUT2D eigenvalue weighted by atomic mass is 10.2. The third-order valence-corrected chi connectivity index (χ3v) is 3.83. The van der Waals surface area contributed by atoms with Crippen LogP contribution in [0.25, 0.3) is 0 Å². The Kier molecular flexibility index (Phi) is 5.88. The van der Waals surface area contributed by atoms with E-state index in [-0.39, 0.29) is 0 Å². The molecular weight excluding hydrogens is 250 g/mol. The minimum Gasteiger partial charge on any atom is -0.311 e. The first kappa shape index (κ1) is 15.4. The summed E-state index contributed by atoms with van der Waals surface area (Å²) < 4.78 is 0. The topological polar surface area (TPSA) is 44.3 Å². The third-order valence-electron chi connectivity index (χ3n) is 3.83. The molecule has 1 aromatic rings. The van der Waals surface area contributed by atoms with Crippen molar-refractivity contribution in [2.75, 3.05) is 40.3 Å². The lowest BCUT2D eigenvalue weighted by molar-refractivity contribution is 0.219. The maximum Gasteiger partial charge on any atom is 0.146 e. The smallest absolute Gasteiger partial charge is 0.146 e. The van der Waals surface area contributed by atoms with Gasteiger partial charge in [-0.15, -0.1) is 0 Å². The van der Waals surface area contributed by atoms with E-state index < -0.39 is 0 Å². The highest BCUT2D eigenvalue weighted by Crippen LogP contribution is 2.19. The molecule has 1 aliphatic rings. The fourth-order valence-electron chi connectivity index (χ4n) is 2.62. The van der Waals surface area contributed by atoms with Gasteiger partial charge in [0, 0.05) is 19.3 Å². The molecule has 1 saturated heterocycles. The second-order valence-corrected chi connectivity index (χ2v) is 5.70. The molecule has 1 fully saturated rings. The Hall–Kier alpha value is -1.04. The molecule has 0 bridgehead atoms. The molecule has 1 N–H and O–H groups in total. The highest BCUT2D eigenvalue weighted by Gasteiger charge is 2.24. The van der Waals surface area contributed by atoms with Crippen molar-refractivity contribution in [3.8, 4) is 0 Å². The van der Waals surface area contributed by atoms with Crippen LogP contribution in [0.3, 0.4) is 0 Å². The molecule has 112 valence electrons. The standard InChI is InChI=1S/C15H27N5/c1-4-7-16-11-13-6-8-17-15(18-13)14-12-19(2)9-5-10-20(14)3/h6,8,14,16H,4-5,7,9-12H2,1-3H3. The highest BCUT2D eigenvalue weighted by molar-refractivity contribution is 5.06. The zero-order valence-electron chi connectivity index (χ0n) is 13.0. The molecule has 2 heterocycles. The van der Waals surface area contributed by atoms with Crippen molar-refractivity contribution in [3.05, 3.63) is 23.8 Å². The van der Waals surface area contributed by atoms with Crippen LogP contribution in [0.15, 0.2) is 12.3 Å². The van der Waals surface area contributed by atoms with Crippen LogP contribution < -0.4 is 5.32 Å². The molecule has 1 atom stereocenters. The summed E-state index contributed by atoms with van der Waals surface area (Å²) in [5.74, 6) is 0.956. The summed E-state index contributed by atoms with van der Waals surface area (Å²) in [4.78, 5) is 14.0. The van der Waals surface area contributed by atoms with Crippen LogP contribution in [0, 0.1) is 0 Å². The van der Waals surface area contributed by atoms with Gasteiger partial charge < -0.3 is 10.2 Å². The monoisotopic (exact) mass is 277 g/mol. The van der Waals surface area contributed by atoms with E-state index in [2.05, 4.69) is 41.1 Å². The first-order valence-electron chi connectivity index (χ1n) is 7.62. The molecule has 0 spiro atoms. The van der Waals surface area contributed by atoms with Gasteiger partial charge in [0.2, 0.25) is 0 Å². The number of hydrogen-bond donors (Lipinski definition) is 1. The molecule has 0 aromatic carbocycles. The van der Waals surface area contributed by atoms with Crippen molar-refractivity contribution < 1.29 is 0 Å². The van der Waals surface area contributed by atoms with E-state index in [0.29, 0.717) is 6.04 Å². The Balaban J connectivity index is 2.07. The normalized spacial score (nSPS) is 21.9. The molecule has 0 amide bonds. The zero-order valence-corrected chi connectivity index (χ0v) is 13.0. The number of hydrogen-bond acceptors (Lipinski definition) is 5. The molecule has 1 aliphatic heterocycles. The SMILES string of the molecule is CCCNCc1ccnc(C2CN(C)CCCN2C)n1. The molecular formula is C15H27N5. The van der Waals surface area contributed by atoms with Gasteiger partial charge in [-0.05, 0) is 52.6 Å². The Labute approximate surface area is 122 Å². The van der Waals surface area contributed by atoms with Gasteiger partial charge in [-0.25, -0.2) is 9.97 Å². The van der Waals surface area contributed by atoms with Gasteiger partial charge in [-0.1, -0.05) is 6.92 Å². The van der Waals surface area contributed by atoms with Gasteiger partial charge in [-0.2, -0.15) is 0 Å². The van der Waals surface area contributed by atoms with Crippen molar-refractivity contribution in [2.45, 2.75) is 32.4 Å². The molecule has 0 aliphatic carbocycles. The lowest BCUT2D eigenvalue weighted by Gasteiger charge is -2.26. The maximum atomic E-state index is 4.75. The molecule has 5 nitrogen and oxygen atoms in total. The first-order chi connectivity index (χ1) is 9.70. The molecule has 0 radical (unpaired) electrons. The average molecular weight is 277 g/mol. The fraction of sp³-hybridized carbons (Fsp3) is 0.733. The molecule has 5 heteroatoms. The van der Waals surface area contributed by atoms with E-state index >= 15 is 0 Å². The Morgan fingerprint density at radius 2 is 2.20 bits per heavy atom. The number of likely N-dealkylation sites (N-methyl/N-ethyl adjacent to an activating group) is 2. The Morgan fingerprint density at radius 3 is 3.00 bits per heavy atom. The molecule has 1 aromatic heterocycles. The molecule has 1 unspecified atom stereocenters. The van der Waals surface area contributed by atoms with Crippen LogP contribution in [0.5, 0.6) is 0 Å². The van der Waals surface area contributed by atoms with Gasteiger partial charge in [0.1, 0.15) is 5.82 Å². The van der Waals surface area contributed by atoms with Crippen LogP contribution in [-0.4, -0.2) is 60.0 Å². The first-order valence-corrected chi connectivity index (χ1v) is 7.62. The summed E-state index contributed by atoms with van der Waals surface area (Å²) in [6, 6.07) is 2.31. The van der Waals surface area contributed by atoms with E-state index in [1.165, 1.54) is 6.42 Å². The Bertz CT molecular complexity index is 409. The lowest BCUT2D eigenvalue weighted by Crippen LogP contribution is -2.32. The van der Waals surface area contributed by atoms with Crippen LogP contribution in [0.2, 0.25) is 0 Å². The second kappa shape index (κ2) is 7.67. The van der Waals surface area contributed by atoms with Crippen molar-refractivity contribution in [2.24, 2.45) is 0 Å². The van der Waals surface area contributed by atoms with Gasteiger partial charge in [0.25, 0.3) is 0 Å². The minimum atomic E-state index is 0.300. The van der Waals surface area contributed by atoms with Gasteiger partial charge in [0.05, 0.1) is 11.7 Å². The summed E-state index contributed by atoms with van der Waals surface area (Å²) in [6.45, 7) is 7.30. The predicted molar refractivity (Wildman–Crippen MR) is 81.5 cm³/mol. The van der Waals surface area contributed by atoms with E-state index in [9.17, 15) is 0 Å². The van der Waals surface area contributed by atoms with Gasteiger partial charge in [0.15, 0.2) is 0 Å². The summed E-state index contributed by atoms with van der Waals surface area (Å²) in [6.07, 6.45) is 4.25. The van der Waals surface area contributed by atoms with Crippen molar-refractivity contribution in [1.29, 1.82) is 0 Å². The summed E-state index contributed by atoms with van der Waals surface area (Å²) in [5.41, 5.74) is 1.09. The summed E-state index contributed by atoms with van der Waals surface area (Å²) in [7, 11) is 4.36. The largest absolute Gasteiger partial charge is 0.311 e. The number of aromatic nitrogens is 2. The highest BCUT2D eigenvalue weighted by atomic mass is 15.2. The van der Waals surface area contributed by atoms with Gasteiger partial charge >= 0.3 is 0 Å². The van der Waals surface area contributed by atoms with E-state index in [4.69, 9.17) is 4.98 Å². The average Bonchev–Trinajstić information content (AvgIpc) is 2.61.